The predicted molar refractivity (Wildman–Crippen MR) is 68.4 cm³/mol. The van der Waals surface area contributed by atoms with Crippen LogP contribution in [0.15, 0.2) is 18.2 Å². The molecule has 0 amide bonds. The highest BCUT2D eigenvalue weighted by Gasteiger charge is 2.21. The summed E-state index contributed by atoms with van der Waals surface area (Å²) < 4.78 is 5.40. The first-order valence-electron chi connectivity index (χ1n) is 6.27. The fourth-order valence-electron chi connectivity index (χ4n) is 2.44. The quantitative estimate of drug-likeness (QED) is 0.705. The van der Waals surface area contributed by atoms with E-state index in [1.54, 1.807) is 7.11 Å². The van der Waals surface area contributed by atoms with Crippen LogP contribution < -0.4 is 9.64 Å². The van der Waals surface area contributed by atoms with Crippen LogP contribution in [0, 0.1) is 0 Å². The Morgan fingerprint density at radius 1 is 1.31 bits per heavy atom. The van der Waals surface area contributed by atoms with Crippen molar-refractivity contribution in [3.05, 3.63) is 23.8 Å². The zero-order valence-electron chi connectivity index (χ0n) is 10.3. The summed E-state index contributed by atoms with van der Waals surface area (Å²) in [6, 6.07) is 6.38. The van der Waals surface area contributed by atoms with Gasteiger partial charge in [-0.05, 0) is 25.0 Å². The second-order valence-corrected chi connectivity index (χ2v) is 4.40. The molecule has 2 heteroatoms. The van der Waals surface area contributed by atoms with Crippen LogP contribution in [0.1, 0.15) is 31.7 Å². The van der Waals surface area contributed by atoms with Gasteiger partial charge in [-0.3, -0.25) is 0 Å². The molecule has 16 heavy (non-hydrogen) atoms. The largest absolute Gasteiger partial charge is 0.496 e. The van der Waals surface area contributed by atoms with E-state index in [0.717, 1.165) is 18.7 Å². The number of nitrogens with zero attached hydrogens (tertiary/aromatic N) is 1. The second-order valence-electron chi connectivity index (χ2n) is 4.40. The van der Waals surface area contributed by atoms with E-state index in [4.69, 9.17) is 4.74 Å². The summed E-state index contributed by atoms with van der Waals surface area (Å²) in [7, 11) is 1.76. The van der Waals surface area contributed by atoms with Crippen molar-refractivity contribution < 1.29 is 4.74 Å². The van der Waals surface area contributed by atoms with E-state index in [0.29, 0.717) is 0 Å². The molecule has 0 bridgehead atoms. The maximum atomic E-state index is 5.40. The highest BCUT2D eigenvalue weighted by Crippen LogP contribution is 2.34. The number of fused-ring (bicyclic) bond motifs is 1. The lowest BCUT2D eigenvalue weighted by atomic mass is 10.1. The number of anilines is 1. The van der Waals surface area contributed by atoms with Gasteiger partial charge in [0.15, 0.2) is 0 Å². The van der Waals surface area contributed by atoms with E-state index in [9.17, 15) is 0 Å². The molecule has 1 aliphatic heterocycles. The first-order valence-corrected chi connectivity index (χ1v) is 6.27. The number of benzene rings is 1. The molecule has 1 aromatic rings. The summed E-state index contributed by atoms with van der Waals surface area (Å²) in [6.07, 6.45) is 5.05. The van der Waals surface area contributed by atoms with Gasteiger partial charge in [0.1, 0.15) is 5.75 Å². The molecule has 1 heterocycles. The second kappa shape index (κ2) is 5.24. The lowest BCUT2D eigenvalue weighted by Gasteiger charge is -2.19. The Morgan fingerprint density at radius 3 is 2.94 bits per heavy atom. The molecule has 0 saturated carbocycles. The van der Waals surface area contributed by atoms with Crippen molar-refractivity contribution >= 4 is 5.69 Å². The minimum absolute atomic E-state index is 1.05. The third-order valence-electron chi connectivity index (χ3n) is 3.33. The lowest BCUT2D eigenvalue weighted by Crippen LogP contribution is -2.21. The molecule has 0 N–H and O–H groups in total. The van der Waals surface area contributed by atoms with Gasteiger partial charge < -0.3 is 9.64 Å². The van der Waals surface area contributed by atoms with Crippen molar-refractivity contribution in [3.8, 4) is 5.75 Å². The fraction of sp³-hybridized carbons (Fsp3) is 0.571. The summed E-state index contributed by atoms with van der Waals surface area (Å²) >= 11 is 0. The molecule has 2 nitrogen and oxygen atoms in total. The van der Waals surface area contributed by atoms with E-state index in [1.165, 1.54) is 37.1 Å². The smallest absolute Gasteiger partial charge is 0.124 e. The third kappa shape index (κ3) is 2.16. The number of ether oxygens (including phenoxy) is 1. The molecular weight excluding hydrogens is 198 g/mol. The lowest BCUT2D eigenvalue weighted by molar-refractivity contribution is 0.411. The SMILES string of the molecule is CCCCCN1CCc2c(OC)cccc21. The van der Waals surface area contributed by atoms with Crippen molar-refractivity contribution in [1.29, 1.82) is 0 Å². The fourth-order valence-corrected chi connectivity index (χ4v) is 2.44. The standard InChI is InChI=1S/C14H21NO/c1-3-4-5-10-15-11-9-12-13(15)7-6-8-14(12)16-2/h6-8H,3-5,9-11H2,1-2H3. The van der Waals surface area contributed by atoms with Crippen LogP contribution in [0.3, 0.4) is 0 Å². The minimum atomic E-state index is 1.05. The Labute approximate surface area is 98.2 Å². The van der Waals surface area contributed by atoms with Crippen molar-refractivity contribution in [2.75, 3.05) is 25.1 Å². The van der Waals surface area contributed by atoms with Crippen molar-refractivity contribution in [2.45, 2.75) is 32.6 Å². The maximum absolute atomic E-state index is 5.40. The molecule has 0 aliphatic carbocycles. The Balaban J connectivity index is 2.08. The zero-order valence-corrected chi connectivity index (χ0v) is 10.3. The van der Waals surface area contributed by atoms with Gasteiger partial charge in [-0.25, -0.2) is 0 Å². The van der Waals surface area contributed by atoms with E-state index in [2.05, 4.69) is 30.0 Å². The Kier molecular flexibility index (Phi) is 3.70. The van der Waals surface area contributed by atoms with Crippen LogP contribution in [0.2, 0.25) is 0 Å². The maximum Gasteiger partial charge on any atom is 0.124 e. The van der Waals surface area contributed by atoms with Gasteiger partial charge in [0, 0.05) is 24.3 Å². The molecule has 0 atom stereocenters. The van der Waals surface area contributed by atoms with Crippen molar-refractivity contribution in [1.82, 2.24) is 0 Å². The highest BCUT2D eigenvalue weighted by molar-refractivity contribution is 5.63. The third-order valence-corrected chi connectivity index (χ3v) is 3.33. The molecule has 2 rings (SSSR count). The topological polar surface area (TPSA) is 12.5 Å². The summed E-state index contributed by atoms with van der Waals surface area (Å²) in [4.78, 5) is 2.49. The van der Waals surface area contributed by atoms with Gasteiger partial charge in [-0.2, -0.15) is 0 Å². The summed E-state index contributed by atoms with van der Waals surface area (Å²) in [5, 5.41) is 0. The van der Waals surface area contributed by atoms with Crippen LogP contribution in [0.25, 0.3) is 0 Å². The van der Waals surface area contributed by atoms with Crippen LogP contribution in [-0.2, 0) is 6.42 Å². The first kappa shape index (κ1) is 11.3. The van der Waals surface area contributed by atoms with Gasteiger partial charge in [0.2, 0.25) is 0 Å². The molecule has 1 aliphatic rings. The van der Waals surface area contributed by atoms with Gasteiger partial charge in [0.05, 0.1) is 7.11 Å². The van der Waals surface area contributed by atoms with Gasteiger partial charge in [-0.1, -0.05) is 25.8 Å². The Morgan fingerprint density at radius 2 is 2.19 bits per heavy atom. The van der Waals surface area contributed by atoms with Crippen molar-refractivity contribution in [3.63, 3.8) is 0 Å². The average Bonchev–Trinajstić information content (AvgIpc) is 2.73. The van der Waals surface area contributed by atoms with Crippen LogP contribution in [-0.4, -0.2) is 20.2 Å². The number of hydrogen-bond acceptors (Lipinski definition) is 2. The predicted octanol–water partition coefficient (Wildman–Crippen LogP) is 3.25. The number of methoxy groups -OCH3 is 1. The molecule has 0 saturated heterocycles. The van der Waals surface area contributed by atoms with Crippen molar-refractivity contribution in [2.24, 2.45) is 0 Å². The zero-order chi connectivity index (χ0) is 11.4. The van der Waals surface area contributed by atoms with E-state index >= 15 is 0 Å². The normalized spacial score (nSPS) is 14.0. The number of unbranched alkanes of at least 4 members (excludes halogenated alkanes) is 2. The summed E-state index contributed by atoms with van der Waals surface area (Å²) in [5.41, 5.74) is 2.77. The van der Waals surface area contributed by atoms with E-state index < -0.39 is 0 Å². The first-order chi connectivity index (χ1) is 7.86. The molecule has 0 fully saturated rings. The molecular formula is C14H21NO. The van der Waals surface area contributed by atoms with Gasteiger partial charge in [0.25, 0.3) is 0 Å². The monoisotopic (exact) mass is 219 g/mol. The van der Waals surface area contributed by atoms with Gasteiger partial charge in [-0.15, -0.1) is 0 Å². The summed E-state index contributed by atoms with van der Waals surface area (Å²) in [5.74, 6) is 1.05. The number of hydrogen-bond donors (Lipinski definition) is 0. The van der Waals surface area contributed by atoms with Crippen LogP contribution in [0.4, 0.5) is 5.69 Å². The van der Waals surface area contributed by atoms with Gasteiger partial charge >= 0.3 is 0 Å². The number of rotatable bonds is 5. The van der Waals surface area contributed by atoms with E-state index in [-0.39, 0.29) is 0 Å². The molecule has 0 aromatic heterocycles. The van der Waals surface area contributed by atoms with Crippen LogP contribution in [0.5, 0.6) is 5.75 Å². The van der Waals surface area contributed by atoms with Crippen LogP contribution >= 0.6 is 0 Å². The Hall–Kier alpha value is -1.18. The minimum Gasteiger partial charge on any atom is -0.496 e. The molecule has 0 unspecified atom stereocenters. The molecule has 0 radical (unpaired) electrons. The van der Waals surface area contributed by atoms with E-state index in [1.807, 2.05) is 0 Å². The highest BCUT2D eigenvalue weighted by atomic mass is 16.5. The average molecular weight is 219 g/mol. The molecule has 1 aromatic carbocycles. The summed E-state index contributed by atoms with van der Waals surface area (Å²) in [6.45, 7) is 4.59. The Bertz CT molecular complexity index is 349. The molecule has 0 spiro atoms. The molecule has 88 valence electrons.